The van der Waals surface area contributed by atoms with E-state index in [9.17, 15) is 4.79 Å². The van der Waals surface area contributed by atoms with Gasteiger partial charge in [-0.05, 0) is 24.6 Å². The number of carbonyl (C=O) groups is 1. The van der Waals surface area contributed by atoms with Crippen molar-refractivity contribution in [3.8, 4) is 0 Å². The first-order valence-electron chi connectivity index (χ1n) is 5.72. The Kier molecular flexibility index (Phi) is 3.89. The zero-order valence-electron chi connectivity index (χ0n) is 10.0. The van der Waals surface area contributed by atoms with Gasteiger partial charge in [-0.1, -0.05) is 42.5 Å². The van der Waals surface area contributed by atoms with Gasteiger partial charge >= 0.3 is 0 Å². The van der Waals surface area contributed by atoms with Crippen molar-refractivity contribution in [2.75, 3.05) is 0 Å². The van der Waals surface area contributed by atoms with Gasteiger partial charge in [0.1, 0.15) is 4.64 Å². The van der Waals surface area contributed by atoms with Gasteiger partial charge in [0.25, 0.3) is 5.91 Å². The summed E-state index contributed by atoms with van der Waals surface area (Å²) in [5.74, 6) is -0.159. The Balaban J connectivity index is 2.14. The van der Waals surface area contributed by atoms with Crippen LogP contribution in [-0.4, -0.2) is 10.9 Å². The van der Waals surface area contributed by atoms with Crippen LogP contribution in [0.15, 0.2) is 48.7 Å². The summed E-state index contributed by atoms with van der Waals surface area (Å²) >= 11 is 5.08. The first kappa shape index (κ1) is 12.5. The van der Waals surface area contributed by atoms with Gasteiger partial charge in [0.15, 0.2) is 0 Å². The summed E-state index contributed by atoms with van der Waals surface area (Å²) in [7, 11) is 0. The molecule has 0 aliphatic heterocycles. The second-order valence-corrected chi connectivity index (χ2v) is 4.43. The number of aromatic amines is 1. The molecule has 4 heteroatoms. The van der Waals surface area contributed by atoms with Crippen LogP contribution in [0.5, 0.6) is 0 Å². The molecule has 1 amide bonds. The van der Waals surface area contributed by atoms with E-state index in [1.807, 2.05) is 37.3 Å². The highest BCUT2D eigenvalue weighted by Crippen LogP contribution is 2.12. The molecule has 2 N–H and O–H groups in total. The standard InChI is InChI=1S/C14H14N2OS/c1-10(11-6-3-2-4-7-11)16-13(17)12-8-5-9-15-14(12)18/h2-10H,1H3,(H,15,18)(H,16,17)/t10-/m0/s1. The summed E-state index contributed by atoms with van der Waals surface area (Å²) in [6, 6.07) is 13.2. The molecule has 1 heterocycles. The monoisotopic (exact) mass is 258 g/mol. The number of H-pyrrole nitrogens is 1. The predicted octanol–water partition coefficient (Wildman–Crippen LogP) is 3.24. The maximum absolute atomic E-state index is 12.1. The zero-order chi connectivity index (χ0) is 13.0. The van der Waals surface area contributed by atoms with E-state index in [-0.39, 0.29) is 11.9 Å². The van der Waals surface area contributed by atoms with Gasteiger partial charge < -0.3 is 10.3 Å². The third kappa shape index (κ3) is 2.84. The van der Waals surface area contributed by atoms with E-state index in [0.29, 0.717) is 10.2 Å². The fourth-order valence-electron chi connectivity index (χ4n) is 1.70. The van der Waals surface area contributed by atoms with Crippen molar-refractivity contribution in [1.82, 2.24) is 10.3 Å². The van der Waals surface area contributed by atoms with Crippen molar-refractivity contribution in [3.05, 3.63) is 64.4 Å². The summed E-state index contributed by atoms with van der Waals surface area (Å²) in [6.45, 7) is 1.95. The summed E-state index contributed by atoms with van der Waals surface area (Å²) < 4.78 is 0.454. The van der Waals surface area contributed by atoms with Gasteiger partial charge in [0, 0.05) is 6.20 Å². The Labute approximate surface area is 111 Å². The summed E-state index contributed by atoms with van der Waals surface area (Å²) in [6.07, 6.45) is 1.71. The minimum absolute atomic E-state index is 0.0479. The van der Waals surface area contributed by atoms with Crippen molar-refractivity contribution in [1.29, 1.82) is 0 Å². The largest absolute Gasteiger partial charge is 0.352 e. The molecule has 1 atom stereocenters. The molecule has 0 unspecified atom stereocenters. The van der Waals surface area contributed by atoms with Crippen molar-refractivity contribution in [2.24, 2.45) is 0 Å². The Bertz CT molecular complexity index is 592. The molecule has 18 heavy (non-hydrogen) atoms. The first-order chi connectivity index (χ1) is 8.68. The van der Waals surface area contributed by atoms with Crippen LogP contribution in [0.25, 0.3) is 0 Å². The molecule has 1 aromatic heterocycles. The van der Waals surface area contributed by atoms with Crippen molar-refractivity contribution in [2.45, 2.75) is 13.0 Å². The lowest BCUT2D eigenvalue weighted by Crippen LogP contribution is -2.27. The number of rotatable bonds is 3. The number of nitrogens with one attached hydrogen (secondary N) is 2. The van der Waals surface area contributed by atoms with Gasteiger partial charge in [-0.25, -0.2) is 0 Å². The van der Waals surface area contributed by atoms with E-state index in [2.05, 4.69) is 10.3 Å². The number of carbonyl (C=O) groups excluding carboxylic acids is 1. The highest BCUT2D eigenvalue weighted by atomic mass is 32.1. The maximum atomic E-state index is 12.1. The molecule has 0 bridgehead atoms. The van der Waals surface area contributed by atoms with Crippen LogP contribution in [0.2, 0.25) is 0 Å². The molecular weight excluding hydrogens is 244 g/mol. The Morgan fingerprint density at radius 3 is 2.61 bits per heavy atom. The van der Waals surface area contributed by atoms with Gasteiger partial charge in [0.2, 0.25) is 0 Å². The number of hydrogen-bond donors (Lipinski definition) is 2. The average molecular weight is 258 g/mol. The second kappa shape index (κ2) is 5.60. The van der Waals surface area contributed by atoms with Gasteiger partial charge in [-0.3, -0.25) is 4.79 Å². The molecule has 0 spiro atoms. The van der Waals surface area contributed by atoms with Gasteiger partial charge in [-0.2, -0.15) is 0 Å². The minimum atomic E-state index is -0.159. The van der Waals surface area contributed by atoms with E-state index in [1.54, 1.807) is 18.3 Å². The van der Waals surface area contributed by atoms with E-state index in [4.69, 9.17) is 12.2 Å². The average Bonchev–Trinajstić information content (AvgIpc) is 2.40. The summed E-state index contributed by atoms with van der Waals surface area (Å²) in [4.78, 5) is 14.9. The molecule has 0 fully saturated rings. The predicted molar refractivity (Wildman–Crippen MR) is 73.9 cm³/mol. The van der Waals surface area contributed by atoms with E-state index in [0.717, 1.165) is 5.56 Å². The number of amides is 1. The molecule has 0 saturated heterocycles. The molecule has 0 saturated carbocycles. The van der Waals surface area contributed by atoms with Crippen LogP contribution < -0.4 is 5.32 Å². The van der Waals surface area contributed by atoms with Crippen molar-refractivity contribution in [3.63, 3.8) is 0 Å². The van der Waals surface area contributed by atoms with Gasteiger partial charge in [0.05, 0.1) is 11.6 Å². The topological polar surface area (TPSA) is 44.9 Å². The number of hydrogen-bond acceptors (Lipinski definition) is 2. The molecular formula is C14H14N2OS. The molecule has 3 nitrogen and oxygen atoms in total. The lowest BCUT2D eigenvalue weighted by molar-refractivity contribution is 0.0939. The van der Waals surface area contributed by atoms with E-state index >= 15 is 0 Å². The molecule has 2 rings (SSSR count). The smallest absolute Gasteiger partial charge is 0.254 e. The molecule has 2 aromatic rings. The van der Waals surface area contributed by atoms with Crippen LogP contribution in [0, 0.1) is 4.64 Å². The van der Waals surface area contributed by atoms with Crippen molar-refractivity contribution < 1.29 is 4.79 Å². The Morgan fingerprint density at radius 2 is 1.94 bits per heavy atom. The Morgan fingerprint density at radius 1 is 1.22 bits per heavy atom. The van der Waals surface area contributed by atoms with E-state index in [1.165, 1.54) is 0 Å². The molecule has 0 aliphatic carbocycles. The number of aromatic nitrogens is 1. The normalized spacial score (nSPS) is 11.8. The lowest BCUT2D eigenvalue weighted by atomic mass is 10.1. The molecule has 92 valence electrons. The van der Waals surface area contributed by atoms with Gasteiger partial charge in [-0.15, -0.1) is 0 Å². The summed E-state index contributed by atoms with van der Waals surface area (Å²) in [5.41, 5.74) is 1.56. The molecule has 1 aromatic carbocycles. The van der Waals surface area contributed by atoms with Crippen LogP contribution >= 0.6 is 12.2 Å². The highest BCUT2D eigenvalue weighted by molar-refractivity contribution is 7.71. The SMILES string of the molecule is C[C@H](NC(=O)c1ccc[nH]c1=S)c1ccccc1. The van der Waals surface area contributed by atoms with Crippen LogP contribution in [0.1, 0.15) is 28.9 Å². The first-order valence-corrected chi connectivity index (χ1v) is 6.13. The van der Waals surface area contributed by atoms with E-state index < -0.39 is 0 Å². The molecule has 0 aliphatic rings. The van der Waals surface area contributed by atoms with Crippen LogP contribution in [-0.2, 0) is 0 Å². The third-order valence-electron chi connectivity index (χ3n) is 2.71. The highest BCUT2D eigenvalue weighted by Gasteiger charge is 2.11. The van der Waals surface area contributed by atoms with Crippen LogP contribution in [0.4, 0.5) is 0 Å². The van der Waals surface area contributed by atoms with Crippen LogP contribution in [0.3, 0.4) is 0 Å². The zero-order valence-corrected chi connectivity index (χ0v) is 10.8. The summed E-state index contributed by atoms with van der Waals surface area (Å²) in [5, 5.41) is 2.93. The third-order valence-corrected chi connectivity index (χ3v) is 3.05. The lowest BCUT2D eigenvalue weighted by Gasteiger charge is -2.14. The second-order valence-electron chi connectivity index (χ2n) is 4.02. The fourth-order valence-corrected chi connectivity index (χ4v) is 1.93. The number of pyridine rings is 1. The quantitative estimate of drug-likeness (QED) is 0.830. The fraction of sp³-hybridized carbons (Fsp3) is 0.143. The number of benzene rings is 1. The molecule has 0 radical (unpaired) electrons. The van der Waals surface area contributed by atoms with Crippen molar-refractivity contribution >= 4 is 18.1 Å². The minimum Gasteiger partial charge on any atom is -0.352 e. The Hall–Kier alpha value is -1.94. The maximum Gasteiger partial charge on any atom is 0.254 e.